The molecule has 0 radical (unpaired) electrons. The fourth-order valence-electron chi connectivity index (χ4n) is 2.80. The van der Waals surface area contributed by atoms with Crippen LogP contribution in [0.4, 0.5) is 4.79 Å². The summed E-state index contributed by atoms with van der Waals surface area (Å²) in [6.45, 7) is 14.4. The Labute approximate surface area is 160 Å². The summed E-state index contributed by atoms with van der Waals surface area (Å²) in [4.78, 5) is 12.9. The van der Waals surface area contributed by atoms with Crippen LogP contribution < -0.4 is 0 Å². The van der Waals surface area contributed by atoms with Gasteiger partial charge in [0, 0.05) is 23.4 Å². The highest BCUT2D eigenvalue weighted by molar-refractivity contribution is 5.74. The van der Waals surface area contributed by atoms with Crippen molar-refractivity contribution in [3.8, 4) is 11.8 Å². The maximum Gasteiger partial charge on any atom is 0.418 e. The number of rotatable bonds is 7. The van der Waals surface area contributed by atoms with Crippen molar-refractivity contribution >= 4 is 6.09 Å². The van der Waals surface area contributed by atoms with E-state index in [1.165, 1.54) is 0 Å². The van der Waals surface area contributed by atoms with Crippen LogP contribution in [0.2, 0.25) is 0 Å². The summed E-state index contributed by atoms with van der Waals surface area (Å²) >= 11 is 0. The van der Waals surface area contributed by atoms with Crippen molar-refractivity contribution < 1.29 is 9.53 Å². The molecular weight excluding hydrogens is 322 g/mol. The minimum absolute atomic E-state index is 0.277. The summed E-state index contributed by atoms with van der Waals surface area (Å²) in [5.74, 6) is 7.06. The van der Waals surface area contributed by atoms with E-state index in [2.05, 4.69) is 45.6 Å². The molecule has 0 N–H and O–H groups in total. The predicted octanol–water partition coefficient (Wildman–Crippen LogP) is 6.35. The topological polar surface area (TPSA) is 31.2 Å². The van der Waals surface area contributed by atoms with Crippen molar-refractivity contribution in [2.45, 2.75) is 99.0 Å². The van der Waals surface area contributed by atoms with E-state index in [0.717, 1.165) is 61.9 Å². The third kappa shape index (κ3) is 7.28. The Hall–Kier alpha value is -1.69. The summed E-state index contributed by atoms with van der Waals surface area (Å²) < 4.78 is 7.50. The second-order valence-corrected chi connectivity index (χ2v) is 8.42. The molecule has 0 saturated carbocycles. The first-order valence-corrected chi connectivity index (χ1v) is 10.1. The Morgan fingerprint density at radius 1 is 1.19 bits per heavy atom. The van der Waals surface area contributed by atoms with Gasteiger partial charge in [-0.25, -0.2) is 4.79 Å². The number of aryl methyl sites for hydroxylation is 1. The van der Waals surface area contributed by atoms with E-state index in [1.807, 2.05) is 20.8 Å². The lowest BCUT2D eigenvalue weighted by Gasteiger charge is -2.22. The Bertz CT molecular complexity index is 636. The van der Waals surface area contributed by atoms with Crippen molar-refractivity contribution in [3.05, 3.63) is 23.0 Å². The summed E-state index contributed by atoms with van der Waals surface area (Å²) in [5, 5.41) is 0. The van der Waals surface area contributed by atoms with Crippen molar-refractivity contribution in [1.29, 1.82) is 0 Å². The molecule has 0 amide bonds. The molecule has 0 fully saturated rings. The molecule has 26 heavy (non-hydrogen) atoms. The molecule has 3 heteroatoms. The molecule has 0 spiro atoms. The molecule has 0 bridgehead atoms. The zero-order valence-corrected chi connectivity index (χ0v) is 17.9. The molecule has 0 aromatic carbocycles. The van der Waals surface area contributed by atoms with Crippen LogP contribution in [0.25, 0.3) is 0 Å². The standard InChI is InChI=1S/C23H37NO2/c1-8-10-12-13-14-19-17-20(15-11-9-2)24(21(19)16-18(3)4)22(25)26-23(5,6)7/h17-18H,8-12,15-16H2,1-7H3. The summed E-state index contributed by atoms with van der Waals surface area (Å²) in [7, 11) is 0. The number of hydrogen-bond acceptors (Lipinski definition) is 2. The highest BCUT2D eigenvalue weighted by Crippen LogP contribution is 2.23. The molecule has 0 unspecified atom stereocenters. The molecule has 146 valence electrons. The van der Waals surface area contributed by atoms with Crippen molar-refractivity contribution in [2.24, 2.45) is 5.92 Å². The molecule has 1 aromatic rings. The monoisotopic (exact) mass is 359 g/mol. The number of aromatic nitrogens is 1. The van der Waals surface area contributed by atoms with Crippen LogP contribution in [0, 0.1) is 17.8 Å². The van der Waals surface area contributed by atoms with E-state index in [1.54, 1.807) is 4.57 Å². The van der Waals surface area contributed by atoms with Crippen LogP contribution >= 0.6 is 0 Å². The highest BCUT2D eigenvalue weighted by atomic mass is 16.6. The Kier molecular flexibility index (Phi) is 8.99. The van der Waals surface area contributed by atoms with Gasteiger partial charge in [0.25, 0.3) is 0 Å². The summed E-state index contributed by atoms with van der Waals surface area (Å²) in [5.41, 5.74) is 2.51. The van der Waals surface area contributed by atoms with E-state index < -0.39 is 5.60 Å². The van der Waals surface area contributed by atoms with Gasteiger partial charge >= 0.3 is 6.09 Å². The molecule has 3 nitrogen and oxygen atoms in total. The van der Waals surface area contributed by atoms with Crippen LogP contribution in [0.1, 0.15) is 97.5 Å². The number of ether oxygens (including phenoxy) is 1. The fourth-order valence-corrected chi connectivity index (χ4v) is 2.80. The number of hydrogen-bond donors (Lipinski definition) is 0. The molecule has 0 atom stereocenters. The van der Waals surface area contributed by atoms with E-state index in [9.17, 15) is 4.79 Å². The largest absolute Gasteiger partial charge is 0.443 e. The first kappa shape index (κ1) is 22.4. The van der Waals surface area contributed by atoms with Crippen molar-refractivity contribution in [3.63, 3.8) is 0 Å². The lowest BCUT2D eigenvalue weighted by molar-refractivity contribution is 0.0527. The zero-order valence-electron chi connectivity index (χ0n) is 17.9. The van der Waals surface area contributed by atoms with Gasteiger partial charge < -0.3 is 4.74 Å². The third-order valence-electron chi connectivity index (χ3n) is 4.02. The van der Waals surface area contributed by atoms with Gasteiger partial charge in [-0.15, -0.1) is 0 Å². The average Bonchev–Trinajstić information content (AvgIpc) is 2.85. The van der Waals surface area contributed by atoms with Gasteiger partial charge in [-0.3, -0.25) is 4.57 Å². The lowest BCUT2D eigenvalue weighted by Crippen LogP contribution is -2.29. The van der Waals surface area contributed by atoms with Gasteiger partial charge in [0.1, 0.15) is 5.60 Å². The Morgan fingerprint density at radius 3 is 2.38 bits per heavy atom. The molecule has 0 aliphatic heterocycles. The zero-order chi connectivity index (χ0) is 19.7. The minimum atomic E-state index is -0.508. The van der Waals surface area contributed by atoms with Gasteiger partial charge in [0.05, 0.1) is 0 Å². The molecule has 0 saturated heterocycles. The number of carbonyl (C=O) groups excluding carboxylic acids is 1. The number of nitrogens with zero attached hydrogens (tertiary/aromatic N) is 1. The van der Waals surface area contributed by atoms with E-state index in [4.69, 9.17) is 4.74 Å². The van der Waals surface area contributed by atoms with Gasteiger partial charge in [-0.05, 0) is 58.4 Å². The highest BCUT2D eigenvalue weighted by Gasteiger charge is 2.24. The normalized spacial score (nSPS) is 11.4. The molecule has 1 rings (SSSR count). The second-order valence-electron chi connectivity index (χ2n) is 8.42. The SMILES string of the molecule is CCCCC#Cc1cc(CCCC)n(C(=O)OC(C)(C)C)c1CC(C)C. The second kappa shape index (κ2) is 10.5. The first-order chi connectivity index (χ1) is 12.2. The summed E-state index contributed by atoms with van der Waals surface area (Å²) in [6.07, 6.45) is 6.73. The maximum atomic E-state index is 12.9. The Morgan fingerprint density at radius 2 is 1.85 bits per heavy atom. The molecular formula is C23H37NO2. The number of unbranched alkanes of at least 4 members (excludes halogenated alkanes) is 3. The third-order valence-corrected chi connectivity index (χ3v) is 4.02. The van der Waals surface area contributed by atoms with E-state index >= 15 is 0 Å². The van der Waals surface area contributed by atoms with E-state index in [-0.39, 0.29) is 6.09 Å². The average molecular weight is 360 g/mol. The van der Waals surface area contributed by atoms with Gasteiger partial charge in [-0.1, -0.05) is 52.4 Å². The predicted molar refractivity (Wildman–Crippen MR) is 110 cm³/mol. The van der Waals surface area contributed by atoms with Crippen LogP contribution in [0.5, 0.6) is 0 Å². The quantitative estimate of drug-likeness (QED) is 0.419. The summed E-state index contributed by atoms with van der Waals surface area (Å²) in [6, 6.07) is 2.11. The lowest BCUT2D eigenvalue weighted by atomic mass is 10.0. The maximum absolute atomic E-state index is 12.9. The van der Waals surface area contributed by atoms with Crippen LogP contribution in [0.3, 0.4) is 0 Å². The molecule has 1 aromatic heterocycles. The van der Waals surface area contributed by atoms with Crippen LogP contribution in [-0.2, 0) is 17.6 Å². The first-order valence-electron chi connectivity index (χ1n) is 10.1. The minimum Gasteiger partial charge on any atom is -0.443 e. The van der Waals surface area contributed by atoms with Crippen LogP contribution in [0.15, 0.2) is 6.07 Å². The number of carbonyl (C=O) groups is 1. The van der Waals surface area contributed by atoms with Crippen molar-refractivity contribution in [1.82, 2.24) is 4.57 Å². The molecule has 1 heterocycles. The van der Waals surface area contributed by atoms with Crippen molar-refractivity contribution in [2.75, 3.05) is 0 Å². The molecule has 0 aliphatic rings. The van der Waals surface area contributed by atoms with E-state index in [0.29, 0.717) is 5.92 Å². The van der Waals surface area contributed by atoms with Gasteiger partial charge in [-0.2, -0.15) is 0 Å². The van der Waals surface area contributed by atoms with Gasteiger partial charge in [0.2, 0.25) is 0 Å². The molecule has 0 aliphatic carbocycles. The smallest absolute Gasteiger partial charge is 0.418 e. The Balaban J connectivity index is 3.35. The fraction of sp³-hybridized carbons (Fsp3) is 0.696. The van der Waals surface area contributed by atoms with Crippen LogP contribution in [-0.4, -0.2) is 16.3 Å². The van der Waals surface area contributed by atoms with Gasteiger partial charge in [0.15, 0.2) is 0 Å².